The molecule has 0 bridgehead atoms. The summed E-state index contributed by atoms with van der Waals surface area (Å²) in [7, 11) is 1.38. The van der Waals surface area contributed by atoms with Gasteiger partial charge in [0.2, 0.25) is 0 Å². The summed E-state index contributed by atoms with van der Waals surface area (Å²) in [5.41, 5.74) is -1.01. The first kappa shape index (κ1) is 26.3. The Labute approximate surface area is 198 Å². The molecule has 0 aliphatic heterocycles. The van der Waals surface area contributed by atoms with Crippen LogP contribution in [-0.4, -0.2) is 35.6 Å². The number of alkyl halides is 6. The zero-order chi connectivity index (χ0) is 25.8. The molecule has 3 rings (SSSR count). The summed E-state index contributed by atoms with van der Waals surface area (Å²) >= 11 is 0. The van der Waals surface area contributed by atoms with E-state index in [4.69, 9.17) is 4.74 Å². The number of carbonyl (C=O) groups is 1. The van der Waals surface area contributed by atoms with Crippen LogP contribution in [0.1, 0.15) is 38.3 Å². The van der Waals surface area contributed by atoms with Gasteiger partial charge in [0.1, 0.15) is 0 Å². The van der Waals surface area contributed by atoms with Crippen molar-refractivity contribution in [1.82, 2.24) is 9.47 Å². The number of halogens is 6. The number of ether oxygens (including phenoxy) is 1. The Morgan fingerprint density at radius 3 is 2.09 bits per heavy atom. The lowest BCUT2D eigenvalue weighted by Crippen LogP contribution is -2.34. The number of carbonyl (C=O) groups excluding carboxylic acids is 1. The van der Waals surface area contributed by atoms with Crippen molar-refractivity contribution >= 4 is 5.91 Å². The number of rotatable bonds is 8. The van der Waals surface area contributed by atoms with E-state index in [9.17, 15) is 31.1 Å². The molecule has 1 heterocycles. The SMILES string of the molecule is COCCN(Cc1cccn1Cc1ccc(C)cc1)C(=O)c1cc(C(F)(F)F)cc(C(F)(F)F)c1. The molecule has 35 heavy (non-hydrogen) atoms. The molecule has 2 aromatic carbocycles. The van der Waals surface area contributed by atoms with Crippen LogP contribution in [0, 0.1) is 6.92 Å². The molecule has 0 saturated heterocycles. The van der Waals surface area contributed by atoms with Gasteiger partial charge in [-0.2, -0.15) is 26.3 Å². The predicted molar refractivity (Wildman–Crippen MR) is 118 cm³/mol. The third-order valence-corrected chi connectivity index (χ3v) is 5.44. The van der Waals surface area contributed by atoms with Gasteiger partial charge >= 0.3 is 12.4 Å². The molecule has 0 unspecified atom stereocenters. The topological polar surface area (TPSA) is 34.5 Å². The second-order valence-corrected chi connectivity index (χ2v) is 8.13. The molecule has 0 N–H and O–H groups in total. The maximum atomic E-state index is 13.3. The molecular weight excluding hydrogens is 474 g/mol. The van der Waals surface area contributed by atoms with Crippen LogP contribution < -0.4 is 0 Å². The van der Waals surface area contributed by atoms with E-state index in [1.807, 2.05) is 35.8 Å². The lowest BCUT2D eigenvalue weighted by molar-refractivity contribution is -0.143. The smallest absolute Gasteiger partial charge is 0.383 e. The Balaban J connectivity index is 1.93. The van der Waals surface area contributed by atoms with Crippen molar-refractivity contribution in [2.24, 2.45) is 0 Å². The van der Waals surface area contributed by atoms with Crippen molar-refractivity contribution in [2.75, 3.05) is 20.3 Å². The quantitative estimate of drug-likeness (QED) is 0.348. The molecule has 0 aliphatic rings. The summed E-state index contributed by atoms with van der Waals surface area (Å²) in [6.07, 6.45) is -8.30. The highest BCUT2D eigenvalue weighted by Crippen LogP contribution is 2.36. The van der Waals surface area contributed by atoms with Gasteiger partial charge in [-0.25, -0.2) is 0 Å². The Hall–Kier alpha value is -3.27. The Kier molecular flexibility index (Phi) is 7.94. The van der Waals surface area contributed by atoms with E-state index < -0.39 is 35.0 Å². The zero-order valence-electron chi connectivity index (χ0n) is 19.1. The minimum Gasteiger partial charge on any atom is -0.383 e. The minimum atomic E-state index is -5.05. The molecule has 0 aliphatic carbocycles. The van der Waals surface area contributed by atoms with E-state index >= 15 is 0 Å². The average molecular weight is 498 g/mol. The molecule has 0 atom stereocenters. The summed E-state index contributed by atoms with van der Waals surface area (Å²) in [6.45, 7) is 2.44. The van der Waals surface area contributed by atoms with Crippen LogP contribution in [-0.2, 0) is 30.2 Å². The molecule has 3 aromatic rings. The van der Waals surface area contributed by atoms with Gasteiger partial charge in [-0.05, 0) is 42.8 Å². The largest absolute Gasteiger partial charge is 0.416 e. The number of hydrogen-bond donors (Lipinski definition) is 0. The van der Waals surface area contributed by atoms with E-state index in [0.29, 0.717) is 24.4 Å². The highest BCUT2D eigenvalue weighted by molar-refractivity contribution is 5.94. The summed E-state index contributed by atoms with van der Waals surface area (Å²) in [6, 6.07) is 12.2. The van der Waals surface area contributed by atoms with Crippen LogP contribution in [0.3, 0.4) is 0 Å². The second kappa shape index (κ2) is 10.6. The van der Waals surface area contributed by atoms with Gasteiger partial charge in [-0.15, -0.1) is 0 Å². The molecule has 0 fully saturated rings. The van der Waals surface area contributed by atoms with Crippen LogP contribution in [0.25, 0.3) is 0 Å². The zero-order valence-corrected chi connectivity index (χ0v) is 19.1. The molecule has 0 spiro atoms. The number of aryl methyl sites for hydroxylation is 1. The minimum absolute atomic E-state index is 0.00298. The summed E-state index contributed by atoms with van der Waals surface area (Å²) in [5.74, 6) is -0.957. The number of amides is 1. The predicted octanol–water partition coefficient (Wildman–Crippen LogP) is 6.17. The number of methoxy groups -OCH3 is 1. The van der Waals surface area contributed by atoms with Gasteiger partial charge in [0.05, 0.1) is 24.3 Å². The van der Waals surface area contributed by atoms with Crippen LogP contribution in [0.5, 0.6) is 0 Å². The average Bonchev–Trinajstić information content (AvgIpc) is 3.22. The van der Waals surface area contributed by atoms with Crippen molar-refractivity contribution in [2.45, 2.75) is 32.4 Å². The van der Waals surface area contributed by atoms with Crippen LogP contribution in [0.15, 0.2) is 60.8 Å². The van der Waals surface area contributed by atoms with Crippen molar-refractivity contribution in [3.05, 3.63) is 94.3 Å². The van der Waals surface area contributed by atoms with E-state index in [-0.39, 0.29) is 25.8 Å². The summed E-state index contributed by atoms with van der Waals surface area (Å²) in [5, 5.41) is 0. The highest BCUT2D eigenvalue weighted by Gasteiger charge is 2.38. The third kappa shape index (κ3) is 6.88. The number of benzene rings is 2. The van der Waals surface area contributed by atoms with Crippen molar-refractivity contribution < 1.29 is 35.9 Å². The molecule has 1 aromatic heterocycles. The first-order valence-electron chi connectivity index (χ1n) is 10.7. The van der Waals surface area contributed by atoms with Gasteiger partial charge < -0.3 is 14.2 Å². The number of nitrogens with zero attached hydrogens (tertiary/aromatic N) is 2. The molecule has 1 amide bonds. The van der Waals surface area contributed by atoms with Crippen molar-refractivity contribution in [1.29, 1.82) is 0 Å². The Morgan fingerprint density at radius 2 is 1.54 bits per heavy atom. The monoisotopic (exact) mass is 498 g/mol. The van der Waals surface area contributed by atoms with E-state index in [1.54, 1.807) is 18.3 Å². The highest BCUT2D eigenvalue weighted by atomic mass is 19.4. The fraction of sp³-hybridized carbons (Fsp3) is 0.320. The van der Waals surface area contributed by atoms with Crippen LogP contribution >= 0.6 is 0 Å². The first-order valence-corrected chi connectivity index (χ1v) is 10.7. The normalized spacial score (nSPS) is 12.1. The number of hydrogen-bond acceptors (Lipinski definition) is 2. The Morgan fingerprint density at radius 1 is 0.943 bits per heavy atom. The van der Waals surface area contributed by atoms with Gasteiger partial charge in [0.25, 0.3) is 5.91 Å². The van der Waals surface area contributed by atoms with Crippen molar-refractivity contribution in [3.8, 4) is 0 Å². The molecule has 10 heteroatoms. The first-order chi connectivity index (χ1) is 16.4. The summed E-state index contributed by atoms with van der Waals surface area (Å²) in [4.78, 5) is 14.3. The van der Waals surface area contributed by atoms with Gasteiger partial charge in [-0.1, -0.05) is 29.8 Å². The van der Waals surface area contributed by atoms with Gasteiger partial charge in [0.15, 0.2) is 0 Å². The summed E-state index contributed by atoms with van der Waals surface area (Å²) < 4.78 is 86.5. The fourth-order valence-electron chi connectivity index (χ4n) is 3.55. The van der Waals surface area contributed by atoms with Crippen LogP contribution in [0.2, 0.25) is 0 Å². The standard InChI is InChI=1S/C25H24F6N2O2/c1-17-5-7-18(8-6-17)15-32-9-3-4-22(32)16-33(10-11-35-2)23(34)19-12-20(24(26,27)28)14-21(13-19)25(29,30)31/h3-9,12-14H,10-11,15-16H2,1-2H3. The third-order valence-electron chi connectivity index (χ3n) is 5.44. The van der Waals surface area contributed by atoms with E-state index in [2.05, 4.69) is 0 Å². The van der Waals surface area contributed by atoms with Gasteiger partial charge in [0, 0.05) is 37.7 Å². The molecule has 4 nitrogen and oxygen atoms in total. The maximum absolute atomic E-state index is 13.3. The lowest BCUT2D eigenvalue weighted by atomic mass is 10.0. The van der Waals surface area contributed by atoms with Crippen LogP contribution in [0.4, 0.5) is 26.3 Å². The van der Waals surface area contributed by atoms with E-state index in [1.165, 1.54) is 12.0 Å². The van der Waals surface area contributed by atoms with Gasteiger partial charge in [-0.3, -0.25) is 4.79 Å². The number of aromatic nitrogens is 1. The van der Waals surface area contributed by atoms with E-state index in [0.717, 1.165) is 11.1 Å². The molecule has 0 saturated carbocycles. The fourth-order valence-corrected chi connectivity index (χ4v) is 3.55. The lowest BCUT2D eigenvalue weighted by Gasteiger charge is -2.24. The Bertz CT molecular complexity index is 1120. The molecular formula is C25H24F6N2O2. The molecule has 188 valence electrons. The maximum Gasteiger partial charge on any atom is 0.416 e. The van der Waals surface area contributed by atoms with Crippen molar-refractivity contribution in [3.63, 3.8) is 0 Å². The molecule has 0 radical (unpaired) electrons. The second-order valence-electron chi connectivity index (χ2n) is 8.13.